The van der Waals surface area contributed by atoms with Gasteiger partial charge in [0.2, 0.25) is 5.95 Å². The van der Waals surface area contributed by atoms with E-state index in [2.05, 4.69) is 51.3 Å². The third-order valence-electron chi connectivity index (χ3n) is 5.36. The van der Waals surface area contributed by atoms with Crippen LogP contribution in [-0.2, 0) is 13.0 Å². The predicted molar refractivity (Wildman–Crippen MR) is 110 cm³/mol. The van der Waals surface area contributed by atoms with Crippen molar-refractivity contribution in [2.24, 2.45) is 0 Å². The van der Waals surface area contributed by atoms with Gasteiger partial charge in [0.25, 0.3) is 0 Å². The van der Waals surface area contributed by atoms with Crippen LogP contribution in [0.4, 0.5) is 5.95 Å². The Hall–Kier alpha value is -2.99. The van der Waals surface area contributed by atoms with E-state index in [0.29, 0.717) is 12.0 Å². The number of hydrogen-bond donors (Lipinski definition) is 0. The highest BCUT2D eigenvalue weighted by Crippen LogP contribution is 2.25. The Bertz CT molecular complexity index is 961. The predicted octanol–water partition coefficient (Wildman–Crippen LogP) is 3.04. The molecular formula is C22H25N5O. The molecule has 0 saturated carbocycles. The third kappa shape index (κ3) is 3.82. The largest absolute Gasteiger partial charge is 0.497 e. The van der Waals surface area contributed by atoms with Crippen molar-refractivity contribution in [3.63, 3.8) is 0 Å². The van der Waals surface area contributed by atoms with Crippen molar-refractivity contribution in [2.75, 3.05) is 32.6 Å². The molecule has 0 spiro atoms. The smallest absolute Gasteiger partial charge is 0.245 e. The van der Waals surface area contributed by atoms with Crippen LogP contribution in [0.15, 0.2) is 54.7 Å². The summed E-state index contributed by atoms with van der Waals surface area (Å²) in [6.45, 7) is 1.81. The maximum Gasteiger partial charge on any atom is 0.245 e. The number of benzene rings is 2. The lowest BCUT2D eigenvalue weighted by Gasteiger charge is -2.36. The number of rotatable bonds is 5. The number of ether oxygens (including phenoxy) is 1. The molecule has 1 aliphatic heterocycles. The highest BCUT2D eigenvalue weighted by Gasteiger charge is 2.25. The molecule has 3 aromatic rings. The summed E-state index contributed by atoms with van der Waals surface area (Å²) in [5.41, 5.74) is 4.61. The minimum Gasteiger partial charge on any atom is -0.497 e. The van der Waals surface area contributed by atoms with Gasteiger partial charge in [0.1, 0.15) is 5.75 Å². The molecule has 6 heteroatoms. The summed E-state index contributed by atoms with van der Waals surface area (Å²) in [5.74, 6) is 1.43. The number of aromatic nitrogens is 3. The summed E-state index contributed by atoms with van der Waals surface area (Å²) in [7, 11) is 5.87. The number of methoxy groups -OCH3 is 1. The lowest BCUT2D eigenvalue weighted by atomic mass is 9.94. The van der Waals surface area contributed by atoms with Gasteiger partial charge in [-0.25, -0.2) is 4.98 Å². The normalized spacial score (nSPS) is 16.5. The number of anilines is 1. The Morgan fingerprint density at radius 1 is 1.14 bits per heavy atom. The Labute approximate surface area is 165 Å². The number of hydrogen-bond acceptors (Lipinski definition) is 6. The molecule has 1 aliphatic rings. The summed E-state index contributed by atoms with van der Waals surface area (Å²) >= 11 is 0. The summed E-state index contributed by atoms with van der Waals surface area (Å²) < 4.78 is 5.32. The van der Waals surface area contributed by atoms with Gasteiger partial charge < -0.3 is 9.64 Å². The fourth-order valence-corrected chi connectivity index (χ4v) is 3.70. The standard InChI is InChI=1S/C22H25N5O/c1-26-14-18-8-5-4-7-16(18)11-19(26)15-27(2)22-24-21(13-23-25-22)17-9-6-10-20(12-17)28-3/h4-10,12-13,19H,11,14-15H2,1-3H3. The van der Waals surface area contributed by atoms with Gasteiger partial charge in [-0.05, 0) is 36.7 Å². The van der Waals surface area contributed by atoms with Crippen LogP contribution in [0, 0.1) is 0 Å². The van der Waals surface area contributed by atoms with Crippen molar-refractivity contribution in [1.82, 2.24) is 20.1 Å². The lowest BCUT2D eigenvalue weighted by molar-refractivity contribution is 0.218. The SMILES string of the molecule is COc1cccc(-c2cnnc(N(C)CC3Cc4ccccc4CN3C)n2)c1. The van der Waals surface area contributed by atoms with Gasteiger partial charge in [0.05, 0.1) is 19.0 Å². The second-order valence-corrected chi connectivity index (χ2v) is 7.30. The van der Waals surface area contributed by atoms with Crippen LogP contribution in [0.5, 0.6) is 5.75 Å². The first-order chi connectivity index (χ1) is 13.6. The van der Waals surface area contributed by atoms with Gasteiger partial charge in [-0.15, -0.1) is 5.10 Å². The van der Waals surface area contributed by atoms with Crippen LogP contribution < -0.4 is 9.64 Å². The van der Waals surface area contributed by atoms with E-state index >= 15 is 0 Å². The van der Waals surface area contributed by atoms with E-state index in [-0.39, 0.29) is 0 Å². The van der Waals surface area contributed by atoms with Crippen LogP contribution in [-0.4, -0.2) is 53.9 Å². The molecule has 0 bridgehead atoms. The molecule has 1 unspecified atom stereocenters. The van der Waals surface area contributed by atoms with Crippen molar-refractivity contribution < 1.29 is 4.74 Å². The molecule has 0 aliphatic carbocycles. The molecule has 2 aromatic carbocycles. The van der Waals surface area contributed by atoms with Crippen LogP contribution >= 0.6 is 0 Å². The summed E-state index contributed by atoms with van der Waals surface area (Å²) in [6.07, 6.45) is 2.72. The second-order valence-electron chi connectivity index (χ2n) is 7.30. The van der Waals surface area contributed by atoms with Crippen molar-refractivity contribution >= 4 is 5.95 Å². The van der Waals surface area contributed by atoms with Crippen LogP contribution in [0.1, 0.15) is 11.1 Å². The fraction of sp³-hybridized carbons (Fsp3) is 0.318. The molecule has 4 rings (SSSR count). The molecule has 1 aromatic heterocycles. The average molecular weight is 375 g/mol. The lowest BCUT2D eigenvalue weighted by Crippen LogP contribution is -2.45. The molecule has 2 heterocycles. The van der Waals surface area contributed by atoms with Crippen molar-refractivity contribution in [3.8, 4) is 17.0 Å². The van der Waals surface area contributed by atoms with Crippen molar-refractivity contribution in [2.45, 2.75) is 19.0 Å². The topological polar surface area (TPSA) is 54.4 Å². The zero-order valence-electron chi connectivity index (χ0n) is 16.5. The van der Waals surface area contributed by atoms with Gasteiger partial charge in [-0.1, -0.05) is 36.4 Å². The van der Waals surface area contributed by atoms with Gasteiger partial charge >= 0.3 is 0 Å². The van der Waals surface area contributed by atoms with Gasteiger partial charge in [0.15, 0.2) is 0 Å². The van der Waals surface area contributed by atoms with E-state index in [0.717, 1.165) is 36.5 Å². The van der Waals surface area contributed by atoms with E-state index < -0.39 is 0 Å². The van der Waals surface area contributed by atoms with Gasteiger partial charge in [-0.3, -0.25) is 4.90 Å². The Morgan fingerprint density at radius 2 is 1.96 bits per heavy atom. The molecule has 6 nitrogen and oxygen atoms in total. The second kappa shape index (κ2) is 7.94. The minimum absolute atomic E-state index is 0.406. The molecule has 0 radical (unpaired) electrons. The Kier molecular flexibility index (Phi) is 5.21. The average Bonchev–Trinajstić information content (AvgIpc) is 2.74. The Balaban J connectivity index is 1.52. The third-order valence-corrected chi connectivity index (χ3v) is 5.36. The maximum atomic E-state index is 5.32. The molecule has 0 amide bonds. The number of likely N-dealkylation sites (N-methyl/N-ethyl adjacent to an activating group) is 2. The molecule has 0 saturated heterocycles. The highest BCUT2D eigenvalue weighted by molar-refractivity contribution is 5.61. The highest BCUT2D eigenvalue weighted by atomic mass is 16.5. The van der Waals surface area contributed by atoms with Crippen molar-refractivity contribution in [1.29, 1.82) is 0 Å². The molecule has 0 fully saturated rings. The van der Waals surface area contributed by atoms with Gasteiger partial charge in [-0.2, -0.15) is 5.10 Å². The minimum atomic E-state index is 0.406. The zero-order valence-corrected chi connectivity index (χ0v) is 16.5. The van der Waals surface area contributed by atoms with Crippen LogP contribution in [0.3, 0.4) is 0 Å². The van der Waals surface area contributed by atoms with E-state index in [4.69, 9.17) is 9.72 Å². The quantitative estimate of drug-likeness (QED) is 0.683. The first kappa shape index (κ1) is 18.4. The molecule has 1 atom stereocenters. The Morgan fingerprint density at radius 3 is 2.79 bits per heavy atom. The van der Waals surface area contributed by atoms with Crippen LogP contribution in [0.2, 0.25) is 0 Å². The van der Waals surface area contributed by atoms with E-state index in [1.807, 2.05) is 31.3 Å². The van der Waals surface area contributed by atoms with Crippen LogP contribution in [0.25, 0.3) is 11.3 Å². The number of fused-ring (bicyclic) bond motifs is 1. The first-order valence-electron chi connectivity index (χ1n) is 9.46. The number of nitrogens with zero attached hydrogens (tertiary/aromatic N) is 5. The van der Waals surface area contributed by atoms with E-state index in [1.54, 1.807) is 13.3 Å². The summed E-state index contributed by atoms with van der Waals surface area (Å²) in [4.78, 5) is 9.22. The maximum absolute atomic E-state index is 5.32. The molecule has 144 valence electrons. The van der Waals surface area contributed by atoms with Crippen molar-refractivity contribution in [3.05, 3.63) is 65.9 Å². The first-order valence-corrected chi connectivity index (χ1v) is 9.46. The molecular weight excluding hydrogens is 350 g/mol. The molecule has 0 N–H and O–H groups in total. The monoisotopic (exact) mass is 375 g/mol. The summed E-state index contributed by atoms with van der Waals surface area (Å²) in [5, 5.41) is 8.43. The molecule has 28 heavy (non-hydrogen) atoms. The summed E-state index contributed by atoms with van der Waals surface area (Å²) in [6, 6.07) is 16.9. The van der Waals surface area contributed by atoms with E-state index in [9.17, 15) is 0 Å². The van der Waals surface area contributed by atoms with Gasteiger partial charge in [0, 0.05) is 31.7 Å². The fourth-order valence-electron chi connectivity index (χ4n) is 3.70. The zero-order chi connectivity index (χ0) is 19.5. The van der Waals surface area contributed by atoms with E-state index in [1.165, 1.54) is 11.1 Å².